The zero-order chi connectivity index (χ0) is 12.1. The van der Waals surface area contributed by atoms with Crippen LogP contribution in [0.1, 0.15) is 15.9 Å². The van der Waals surface area contributed by atoms with E-state index in [9.17, 15) is 4.79 Å². The summed E-state index contributed by atoms with van der Waals surface area (Å²) in [5.41, 5.74) is 3.85. The maximum atomic E-state index is 11.6. The third-order valence-corrected chi connectivity index (χ3v) is 2.16. The summed E-state index contributed by atoms with van der Waals surface area (Å²) in [5, 5.41) is 3.87. The van der Waals surface area contributed by atoms with Crippen molar-refractivity contribution >= 4 is 12.1 Å². The lowest BCUT2D eigenvalue weighted by atomic mass is 10.3. The Kier molecular flexibility index (Phi) is 3.30. The van der Waals surface area contributed by atoms with Gasteiger partial charge in [0.05, 0.1) is 11.8 Å². The highest BCUT2D eigenvalue weighted by molar-refractivity contribution is 5.94. The van der Waals surface area contributed by atoms with Gasteiger partial charge in [-0.1, -0.05) is 0 Å². The molecule has 17 heavy (non-hydrogen) atoms. The van der Waals surface area contributed by atoms with E-state index in [2.05, 4.69) is 15.5 Å². The standard InChI is InChI=1S/C12H12N4O/c1-16-6-4-10(9-16)7-14-15-12(17)11-3-2-5-13-8-11/h2-9H,1H3,(H,15,17)/b14-7-. The molecule has 0 saturated heterocycles. The Balaban J connectivity index is 1.95. The number of hydrogen-bond acceptors (Lipinski definition) is 3. The third-order valence-electron chi connectivity index (χ3n) is 2.16. The number of hydrazone groups is 1. The molecular weight excluding hydrogens is 216 g/mol. The van der Waals surface area contributed by atoms with Crippen molar-refractivity contribution in [1.29, 1.82) is 0 Å². The molecule has 0 radical (unpaired) electrons. The third kappa shape index (κ3) is 3.01. The van der Waals surface area contributed by atoms with E-state index in [0.717, 1.165) is 5.56 Å². The quantitative estimate of drug-likeness (QED) is 0.633. The van der Waals surface area contributed by atoms with Crippen molar-refractivity contribution < 1.29 is 4.79 Å². The number of hydrogen-bond donors (Lipinski definition) is 1. The normalized spacial score (nSPS) is 10.6. The molecule has 2 heterocycles. The van der Waals surface area contributed by atoms with Gasteiger partial charge in [-0.3, -0.25) is 9.78 Å². The molecule has 0 aliphatic carbocycles. The Morgan fingerprint density at radius 2 is 2.41 bits per heavy atom. The highest BCUT2D eigenvalue weighted by atomic mass is 16.2. The molecule has 86 valence electrons. The Morgan fingerprint density at radius 3 is 3.06 bits per heavy atom. The predicted octanol–water partition coefficient (Wildman–Crippen LogP) is 1.18. The average molecular weight is 228 g/mol. The summed E-state index contributed by atoms with van der Waals surface area (Å²) < 4.78 is 1.91. The SMILES string of the molecule is Cn1ccc(/C=N\NC(=O)c2cccnc2)c1. The van der Waals surface area contributed by atoms with Gasteiger partial charge in [-0.2, -0.15) is 5.10 Å². The Morgan fingerprint density at radius 1 is 1.53 bits per heavy atom. The van der Waals surface area contributed by atoms with Gasteiger partial charge in [0.2, 0.25) is 0 Å². The van der Waals surface area contributed by atoms with Crippen LogP contribution in [0.5, 0.6) is 0 Å². The van der Waals surface area contributed by atoms with Crippen molar-refractivity contribution in [3.63, 3.8) is 0 Å². The van der Waals surface area contributed by atoms with Crippen molar-refractivity contribution in [2.24, 2.45) is 12.1 Å². The molecule has 0 saturated carbocycles. The second kappa shape index (κ2) is 5.07. The van der Waals surface area contributed by atoms with E-state index in [-0.39, 0.29) is 5.91 Å². The number of nitrogens with zero attached hydrogens (tertiary/aromatic N) is 3. The monoisotopic (exact) mass is 228 g/mol. The minimum Gasteiger partial charge on any atom is -0.357 e. The fourth-order valence-electron chi connectivity index (χ4n) is 1.33. The first-order valence-corrected chi connectivity index (χ1v) is 5.11. The summed E-state index contributed by atoms with van der Waals surface area (Å²) in [6, 6.07) is 5.29. The van der Waals surface area contributed by atoms with Crippen LogP contribution in [-0.2, 0) is 7.05 Å². The zero-order valence-electron chi connectivity index (χ0n) is 9.37. The highest BCUT2D eigenvalue weighted by Crippen LogP contribution is 1.96. The second-order valence-electron chi connectivity index (χ2n) is 3.55. The van der Waals surface area contributed by atoms with Crippen molar-refractivity contribution in [1.82, 2.24) is 15.0 Å². The molecule has 2 rings (SSSR count). The van der Waals surface area contributed by atoms with Gasteiger partial charge in [-0.15, -0.1) is 0 Å². The molecule has 0 fully saturated rings. The second-order valence-corrected chi connectivity index (χ2v) is 3.55. The van der Waals surface area contributed by atoms with Gasteiger partial charge >= 0.3 is 0 Å². The molecule has 5 nitrogen and oxygen atoms in total. The average Bonchev–Trinajstić information content (AvgIpc) is 2.76. The molecule has 0 aliphatic rings. The molecule has 0 aliphatic heterocycles. The molecule has 5 heteroatoms. The number of pyridine rings is 1. The Bertz CT molecular complexity index is 530. The van der Waals surface area contributed by atoms with Crippen molar-refractivity contribution in [2.75, 3.05) is 0 Å². The number of aryl methyl sites for hydroxylation is 1. The zero-order valence-corrected chi connectivity index (χ0v) is 9.37. The number of amides is 1. The molecule has 2 aromatic heterocycles. The molecule has 2 aromatic rings. The van der Waals surface area contributed by atoms with E-state index < -0.39 is 0 Å². The molecular formula is C12H12N4O. The molecule has 0 spiro atoms. The largest absolute Gasteiger partial charge is 0.357 e. The molecule has 0 aromatic carbocycles. The Hall–Kier alpha value is -2.43. The van der Waals surface area contributed by atoms with Crippen LogP contribution in [-0.4, -0.2) is 21.7 Å². The topological polar surface area (TPSA) is 59.3 Å². The van der Waals surface area contributed by atoms with E-state index in [1.807, 2.05) is 30.1 Å². The summed E-state index contributed by atoms with van der Waals surface area (Å²) in [6.07, 6.45) is 8.51. The fraction of sp³-hybridized carbons (Fsp3) is 0.0833. The van der Waals surface area contributed by atoms with Crippen LogP contribution >= 0.6 is 0 Å². The van der Waals surface area contributed by atoms with Gasteiger partial charge in [0.25, 0.3) is 5.91 Å². The maximum Gasteiger partial charge on any atom is 0.272 e. The first-order valence-electron chi connectivity index (χ1n) is 5.11. The van der Waals surface area contributed by atoms with E-state index in [1.54, 1.807) is 24.5 Å². The number of carbonyl (C=O) groups is 1. The van der Waals surface area contributed by atoms with E-state index in [4.69, 9.17) is 0 Å². The van der Waals surface area contributed by atoms with Crippen LogP contribution in [0.25, 0.3) is 0 Å². The van der Waals surface area contributed by atoms with Crippen molar-refractivity contribution in [3.8, 4) is 0 Å². The number of carbonyl (C=O) groups excluding carboxylic acids is 1. The minimum atomic E-state index is -0.273. The van der Waals surface area contributed by atoms with E-state index in [1.165, 1.54) is 6.20 Å². The van der Waals surface area contributed by atoms with Gasteiger partial charge in [0.15, 0.2) is 0 Å². The van der Waals surface area contributed by atoms with Gasteiger partial charge in [-0.25, -0.2) is 5.43 Å². The smallest absolute Gasteiger partial charge is 0.272 e. The lowest BCUT2D eigenvalue weighted by Gasteiger charge is -1.97. The van der Waals surface area contributed by atoms with Crippen LogP contribution in [0, 0.1) is 0 Å². The van der Waals surface area contributed by atoms with Gasteiger partial charge < -0.3 is 4.57 Å². The number of aromatic nitrogens is 2. The van der Waals surface area contributed by atoms with Crippen LogP contribution < -0.4 is 5.43 Å². The summed E-state index contributed by atoms with van der Waals surface area (Å²) in [5.74, 6) is -0.273. The predicted molar refractivity (Wildman–Crippen MR) is 64.7 cm³/mol. The van der Waals surface area contributed by atoms with Crippen LogP contribution in [0.3, 0.4) is 0 Å². The number of rotatable bonds is 3. The lowest BCUT2D eigenvalue weighted by Crippen LogP contribution is -2.17. The van der Waals surface area contributed by atoms with Gasteiger partial charge in [-0.05, 0) is 18.2 Å². The van der Waals surface area contributed by atoms with Crippen molar-refractivity contribution in [3.05, 3.63) is 54.1 Å². The molecule has 0 bridgehead atoms. The number of nitrogens with one attached hydrogen (secondary N) is 1. The first kappa shape index (κ1) is 11.1. The van der Waals surface area contributed by atoms with Gasteiger partial charge in [0, 0.05) is 37.4 Å². The fourth-order valence-corrected chi connectivity index (χ4v) is 1.33. The summed E-state index contributed by atoms with van der Waals surface area (Å²) in [4.78, 5) is 15.4. The van der Waals surface area contributed by atoms with Crippen molar-refractivity contribution in [2.45, 2.75) is 0 Å². The minimum absolute atomic E-state index is 0.273. The molecule has 0 atom stereocenters. The molecule has 1 amide bonds. The van der Waals surface area contributed by atoms with Crippen LogP contribution in [0.2, 0.25) is 0 Å². The van der Waals surface area contributed by atoms with E-state index >= 15 is 0 Å². The summed E-state index contributed by atoms with van der Waals surface area (Å²) in [7, 11) is 1.92. The summed E-state index contributed by atoms with van der Waals surface area (Å²) >= 11 is 0. The van der Waals surface area contributed by atoms with Gasteiger partial charge in [0.1, 0.15) is 0 Å². The maximum absolute atomic E-state index is 11.6. The van der Waals surface area contributed by atoms with E-state index in [0.29, 0.717) is 5.56 Å². The lowest BCUT2D eigenvalue weighted by molar-refractivity contribution is 0.0955. The molecule has 0 unspecified atom stereocenters. The highest BCUT2D eigenvalue weighted by Gasteiger charge is 2.02. The molecule has 1 N–H and O–H groups in total. The first-order chi connectivity index (χ1) is 8.25. The Labute approximate surface area is 98.8 Å². The summed E-state index contributed by atoms with van der Waals surface area (Å²) in [6.45, 7) is 0. The van der Waals surface area contributed by atoms with Crippen LogP contribution in [0.15, 0.2) is 48.1 Å². The van der Waals surface area contributed by atoms with Crippen LogP contribution in [0.4, 0.5) is 0 Å².